The first-order valence-electron chi connectivity index (χ1n) is 5.60. The third-order valence-electron chi connectivity index (χ3n) is 2.21. The smallest absolute Gasteiger partial charge is 0.397 e. The highest BCUT2D eigenvalue weighted by atomic mass is 19.4. The molecule has 21 heavy (non-hydrogen) atoms. The molecule has 0 spiro atoms. The van der Waals surface area contributed by atoms with E-state index >= 15 is 0 Å². The lowest BCUT2D eigenvalue weighted by Crippen LogP contribution is -2.22. The van der Waals surface area contributed by atoms with E-state index in [1.807, 2.05) is 5.32 Å². The molecule has 1 aromatic carbocycles. The zero-order valence-corrected chi connectivity index (χ0v) is 10.7. The molecule has 0 saturated heterocycles. The summed E-state index contributed by atoms with van der Waals surface area (Å²) in [6.45, 7) is 1.21. The maximum absolute atomic E-state index is 12.1. The van der Waals surface area contributed by atoms with Gasteiger partial charge in [-0.1, -0.05) is 0 Å². The number of carboxylic acids is 1. The van der Waals surface area contributed by atoms with Gasteiger partial charge in [0.15, 0.2) is 0 Å². The molecule has 0 unspecified atom stereocenters. The molecule has 3 N–H and O–H groups in total. The molecule has 0 aliphatic carbocycles. The molecule has 0 aliphatic rings. The van der Waals surface area contributed by atoms with Gasteiger partial charge in [-0.25, -0.2) is 4.79 Å². The van der Waals surface area contributed by atoms with Gasteiger partial charge in [0.2, 0.25) is 11.8 Å². The van der Waals surface area contributed by atoms with Gasteiger partial charge >= 0.3 is 12.1 Å². The number of hydrogen-bond acceptors (Lipinski definition) is 3. The van der Waals surface area contributed by atoms with Gasteiger partial charge in [0.05, 0.1) is 11.3 Å². The number of aromatic carboxylic acids is 1. The average molecular weight is 304 g/mol. The first kappa shape index (κ1) is 16.5. The summed E-state index contributed by atoms with van der Waals surface area (Å²) < 4.78 is 36.2. The van der Waals surface area contributed by atoms with Crippen LogP contribution in [0.1, 0.15) is 23.7 Å². The van der Waals surface area contributed by atoms with Crippen molar-refractivity contribution in [3.63, 3.8) is 0 Å². The largest absolute Gasteiger partial charge is 0.478 e. The Morgan fingerprint density at radius 1 is 1.19 bits per heavy atom. The fraction of sp³-hybridized carbons (Fsp3) is 0.250. The van der Waals surface area contributed by atoms with Crippen LogP contribution in [0.25, 0.3) is 0 Å². The van der Waals surface area contributed by atoms with Crippen molar-refractivity contribution in [1.29, 1.82) is 0 Å². The number of rotatable bonds is 4. The quantitative estimate of drug-likeness (QED) is 0.795. The van der Waals surface area contributed by atoms with Crippen molar-refractivity contribution in [3.8, 4) is 0 Å². The van der Waals surface area contributed by atoms with Gasteiger partial charge in [-0.3, -0.25) is 9.59 Å². The van der Waals surface area contributed by atoms with E-state index < -0.39 is 35.9 Å². The number of carbonyl (C=O) groups excluding carboxylic acids is 2. The van der Waals surface area contributed by atoms with Crippen molar-refractivity contribution >= 4 is 29.2 Å². The van der Waals surface area contributed by atoms with Gasteiger partial charge in [-0.15, -0.1) is 0 Å². The van der Waals surface area contributed by atoms with Gasteiger partial charge in [-0.2, -0.15) is 13.2 Å². The zero-order chi connectivity index (χ0) is 16.2. The Labute approximate surface area is 116 Å². The molecule has 0 atom stereocenters. The fourth-order valence-electron chi connectivity index (χ4n) is 1.49. The summed E-state index contributed by atoms with van der Waals surface area (Å²) >= 11 is 0. The molecule has 0 bridgehead atoms. The average Bonchev–Trinajstić information content (AvgIpc) is 2.27. The Morgan fingerprint density at radius 2 is 1.81 bits per heavy atom. The zero-order valence-electron chi connectivity index (χ0n) is 10.7. The van der Waals surface area contributed by atoms with Gasteiger partial charge < -0.3 is 15.7 Å². The summed E-state index contributed by atoms with van der Waals surface area (Å²) in [4.78, 5) is 33.1. The summed E-state index contributed by atoms with van der Waals surface area (Å²) in [5.41, 5.74) is -0.573. The van der Waals surface area contributed by atoms with Crippen LogP contribution in [-0.2, 0) is 9.59 Å². The number of carboxylic acid groups (broad SMARTS) is 1. The molecule has 0 aromatic heterocycles. The van der Waals surface area contributed by atoms with Crippen LogP contribution in [0.4, 0.5) is 24.5 Å². The lowest BCUT2D eigenvalue weighted by molar-refractivity contribution is -0.150. The molecular weight excluding hydrogens is 293 g/mol. The summed E-state index contributed by atoms with van der Waals surface area (Å²) in [7, 11) is 0. The fourth-order valence-corrected chi connectivity index (χ4v) is 1.49. The molecule has 0 saturated carbocycles. The Kier molecular flexibility index (Phi) is 4.90. The number of benzene rings is 1. The Bertz CT molecular complexity index is 584. The number of halogens is 3. The Morgan fingerprint density at radius 3 is 2.29 bits per heavy atom. The second kappa shape index (κ2) is 6.25. The summed E-state index contributed by atoms with van der Waals surface area (Å²) in [5.74, 6) is -3.28. The molecule has 0 radical (unpaired) electrons. The molecule has 114 valence electrons. The predicted molar refractivity (Wildman–Crippen MR) is 67.0 cm³/mol. The molecule has 1 rings (SSSR count). The maximum Gasteiger partial charge on any atom is 0.397 e. The maximum atomic E-state index is 12.1. The van der Waals surface area contributed by atoms with Gasteiger partial charge in [-0.05, 0) is 18.2 Å². The molecule has 1 aromatic rings. The van der Waals surface area contributed by atoms with E-state index in [2.05, 4.69) is 5.32 Å². The third-order valence-corrected chi connectivity index (χ3v) is 2.21. The number of alkyl halides is 3. The van der Waals surface area contributed by atoms with Crippen LogP contribution in [-0.4, -0.2) is 29.1 Å². The number of hydrogen-bond donors (Lipinski definition) is 3. The molecule has 2 amide bonds. The minimum absolute atomic E-state index is 0.147. The molecule has 0 heterocycles. The highest BCUT2D eigenvalue weighted by molar-refractivity contribution is 6.02. The van der Waals surface area contributed by atoms with E-state index in [9.17, 15) is 27.6 Å². The van der Waals surface area contributed by atoms with E-state index in [4.69, 9.17) is 5.11 Å². The monoisotopic (exact) mass is 304 g/mol. The minimum Gasteiger partial charge on any atom is -0.478 e. The molecule has 6 nitrogen and oxygen atoms in total. The molecule has 0 fully saturated rings. The summed E-state index contributed by atoms with van der Waals surface area (Å²) in [5, 5.41) is 13.2. The van der Waals surface area contributed by atoms with E-state index in [-0.39, 0.29) is 11.4 Å². The van der Waals surface area contributed by atoms with Gasteiger partial charge in [0.1, 0.15) is 6.42 Å². The minimum atomic E-state index is -4.69. The number of amides is 2. The lowest BCUT2D eigenvalue weighted by atomic mass is 10.1. The number of nitrogens with one attached hydrogen (secondary N) is 2. The molecule has 0 aliphatic heterocycles. The van der Waals surface area contributed by atoms with Crippen LogP contribution in [0.5, 0.6) is 0 Å². The van der Waals surface area contributed by atoms with Gasteiger partial charge in [0.25, 0.3) is 0 Å². The van der Waals surface area contributed by atoms with E-state index in [1.165, 1.54) is 13.0 Å². The molecule has 9 heteroatoms. The van der Waals surface area contributed by atoms with Crippen molar-refractivity contribution in [2.24, 2.45) is 0 Å². The van der Waals surface area contributed by atoms with Crippen molar-refractivity contribution in [3.05, 3.63) is 23.8 Å². The van der Waals surface area contributed by atoms with Crippen LogP contribution in [0.15, 0.2) is 18.2 Å². The van der Waals surface area contributed by atoms with Crippen LogP contribution >= 0.6 is 0 Å². The van der Waals surface area contributed by atoms with Crippen LogP contribution in [0.2, 0.25) is 0 Å². The second-order valence-electron chi connectivity index (χ2n) is 4.09. The third kappa shape index (κ3) is 5.51. The van der Waals surface area contributed by atoms with Crippen LogP contribution < -0.4 is 10.6 Å². The summed E-state index contributed by atoms with van der Waals surface area (Å²) in [6, 6.07) is 3.40. The predicted octanol–water partition coefficient (Wildman–Crippen LogP) is 2.23. The van der Waals surface area contributed by atoms with Gasteiger partial charge in [0, 0.05) is 12.6 Å². The SMILES string of the molecule is CC(=O)Nc1ccc(NC(=O)CC(F)(F)F)c(C(=O)O)c1. The lowest BCUT2D eigenvalue weighted by Gasteiger charge is -2.11. The Balaban J connectivity index is 2.99. The van der Waals surface area contributed by atoms with Crippen LogP contribution in [0, 0.1) is 0 Å². The van der Waals surface area contributed by atoms with Crippen molar-refractivity contribution in [2.75, 3.05) is 10.6 Å². The number of anilines is 2. The first-order valence-corrected chi connectivity index (χ1v) is 5.60. The van der Waals surface area contributed by atoms with E-state index in [1.54, 1.807) is 0 Å². The Hall–Kier alpha value is -2.58. The van der Waals surface area contributed by atoms with Crippen molar-refractivity contribution in [1.82, 2.24) is 0 Å². The number of carbonyl (C=O) groups is 3. The van der Waals surface area contributed by atoms with Crippen molar-refractivity contribution in [2.45, 2.75) is 19.5 Å². The van der Waals surface area contributed by atoms with E-state index in [0.29, 0.717) is 0 Å². The van der Waals surface area contributed by atoms with Crippen molar-refractivity contribution < 1.29 is 32.7 Å². The molecular formula is C12H11F3N2O4. The normalized spacial score (nSPS) is 10.9. The summed E-state index contributed by atoms with van der Waals surface area (Å²) in [6.07, 6.45) is -6.41. The van der Waals surface area contributed by atoms with Crippen LogP contribution in [0.3, 0.4) is 0 Å². The standard InChI is InChI=1S/C12H11F3N2O4/c1-6(18)16-7-2-3-9(8(4-7)11(20)21)17-10(19)5-12(13,14)15/h2-4H,5H2,1H3,(H,16,18)(H,17,19)(H,20,21). The highest BCUT2D eigenvalue weighted by Gasteiger charge is 2.31. The highest BCUT2D eigenvalue weighted by Crippen LogP contribution is 2.24. The topological polar surface area (TPSA) is 95.5 Å². The first-order chi connectivity index (χ1) is 9.58. The second-order valence-corrected chi connectivity index (χ2v) is 4.09. The van der Waals surface area contributed by atoms with E-state index in [0.717, 1.165) is 12.1 Å².